The van der Waals surface area contributed by atoms with Crippen molar-refractivity contribution in [3.63, 3.8) is 0 Å². The fourth-order valence-electron chi connectivity index (χ4n) is 4.24. The monoisotopic (exact) mass is 350 g/mol. The molecule has 1 saturated carbocycles. The van der Waals surface area contributed by atoms with Gasteiger partial charge in [-0.15, -0.1) is 0 Å². The molecular weight excluding hydrogens is 324 g/mol. The van der Waals surface area contributed by atoms with E-state index >= 15 is 0 Å². The minimum atomic E-state index is 0.170. The van der Waals surface area contributed by atoms with Crippen molar-refractivity contribution in [2.75, 3.05) is 20.1 Å². The topological polar surface area (TPSA) is 29.3 Å². The molecule has 2 N–H and O–H groups in total. The first-order valence-corrected chi connectivity index (χ1v) is 9.11. The van der Waals surface area contributed by atoms with E-state index in [9.17, 15) is 0 Å². The second-order valence-electron chi connectivity index (χ2n) is 7.05. The lowest BCUT2D eigenvalue weighted by Crippen LogP contribution is -2.56. The minimum Gasteiger partial charge on any atom is -0.329 e. The Kier molecular flexibility index (Phi) is 4.72. The summed E-state index contributed by atoms with van der Waals surface area (Å²) >= 11 is 3.59. The van der Waals surface area contributed by atoms with Crippen molar-refractivity contribution in [2.45, 2.75) is 50.5 Å². The fourth-order valence-corrected chi connectivity index (χ4v) is 4.65. The van der Waals surface area contributed by atoms with Crippen molar-refractivity contribution < 1.29 is 0 Å². The molecule has 1 fully saturated rings. The maximum absolute atomic E-state index is 6.25. The number of benzene rings is 1. The summed E-state index contributed by atoms with van der Waals surface area (Å²) in [6.45, 7) is 1.99. The van der Waals surface area contributed by atoms with Crippen LogP contribution in [-0.4, -0.2) is 30.6 Å². The maximum atomic E-state index is 6.25. The molecule has 2 aliphatic carbocycles. The van der Waals surface area contributed by atoms with E-state index in [4.69, 9.17) is 5.73 Å². The average molecular weight is 351 g/mol. The van der Waals surface area contributed by atoms with Gasteiger partial charge in [-0.3, -0.25) is 4.90 Å². The van der Waals surface area contributed by atoms with Gasteiger partial charge in [0.2, 0.25) is 0 Å². The highest BCUT2D eigenvalue weighted by Crippen LogP contribution is 2.35. The smallest absolute Gasteiger partial charge is 0.0372 e. The zero-order valence-electron chi connectivity index (χ0n) is 13.1. The van der Waals surface area contributed by atoms with Crippen LogP contribution in [0.2, 0.25) is 0 Å². The van der Waals surface area contributed by atoms with Gasteiger partial charge in [0.25, 0.3) is 0 Å². The summed E-state index contributed by atoms with van der Waals surface area (Å²) in [4.78, 5) is 2.59. The van der Waals surface area contributed by atoms with Gasteiger partial charge in [0.15, 0.2) is 0 Å². The Morgan fingerprint density at radius 2 is 2.05 bits per heavy atom. The van der Waals surface area contributed by atoms with Crippen LogP contribution in [0.5, 0.6) is 0 Å². The van der Waals surface area contributed by atoms with Crippen molar-refractivity contribution in [3.8, 4) is 0 Å². The molecule has 0 heterocycles. The quantitative estimate of drug-likeness (QED) is 0.895. The van der Waals surface area contributed by atoms with Gasteiger partial charge in [-0.1, -0.05) is 34.8 Å². The normalized spacial score (nSPS) is 26.3. The summed E-state index contributed by atoms with van der Waals surface area (Å²) < 4.78 is 1.20. The van der Waals surface area contributed by atoms with E-state index in [0.717, 1.165) is 25.3 Å². The highest BCUT2D eigenvalue weighted by atomic mass is 79.9. The lowest BCUT2D eigenvalue weighted by Gasteiger charge is -2.45. The van der Waals surface area contributed by atoms with Crippen molar-refractivity contribution >= 4 is 15.9 Å². The van der Waals surface area contributed by atoms with Gasteiger partial charge in [-0.05, 0) is 68.3 Å². The molecule has 116 valence electrons. The van der Waals surface area contributed by atoms with E-state index in [0.29, 0.717) is 0 Å². The summed E-state index contributed by atoms with van der Waals surface area (Å²) in [7, 11) is 2.30. The van der Waals surface area contributed by atoms with Crippen LogP contribution in [0.1, 0.15) is 43.2 Å². The third-order valence-electron chi connectivity index (χ3n) is 5.74. The number of nitrogens with two attached hydrogens (primary N) is 1. The van der Waals surface area contributed by atoms with Gasteiger partial charge in [-0.2, -0.15) is 0 Å². The Balaban J connectivity index is 1.76. The van der Waals surface area contributed by atoms with E-state index in [1.807, 2.05) is 0 Å². The molecule has 0 spiro atoms. The average Bonchev–Trinajstić information content (AvgIpc) is 2.99. The Labute approximate surface area is 137 Å². The zero-order valence-corrected chi connectivity index (χ0v) is 14.7. The van der Waals surface area contributed by atoms with Crippen LogP contribution in [0.4, 0.5) is 0 Å². The molecule has 21 heavy (non-hydrogen) atoms. The summed E-state index contributed by atoms with van der Waals surface area (Å²) in [6, 6.07) is 6.74. The molecule has 0 bridgehead atoms. The van der Waals surface area contributed by atoms with Crippen molar-refractivity contribution in [2.24, 2.45) is 11.7 Å². The molecular formula is C18H27BrN2. The standard InChI is InChI=1S/C18H27BrN2/c1-21(12-14-4-2-3-5-14)18(13-20)9-8-15-10-17(19)7-6-16(15)11-18/h6-7,10,14H,2-5,8-9,11-13,20H2,1H3. The third-order valence-corrected chi connectivity index (χ3v) is 6.24. The maximum Gasteiger partial charge on any atom is 0.0372 e. The molecule has 1 aromatic rings. The molecule has 2 nitrogen and oxygen atoms in total. The van der Waals surface area contributed by atoms with Crippen LogP contribution >= 0.6 is 15.9 Å². The predicted molar refractivity (Wildman–Crippen MR) is 92.5 cm³/mol. The largest absolute Gasteiger partial charge is 0.329 e. The lowest BCUT2D eigenvalue weighted by molar-refractivity contribution is 0.0911. The number of fused-ring (bicyclic) bond motifs is 1. The van der Waals surface area contributed by atoms with Crippen molar-refractivity contribution in [1.29, 1.82) is 0 Å². The number of nitrogens with zero attached hydrogens (tertiary/aromatic N) is 1. The van der Waals surface area contributed by atoms with Gasteiger partial charge >= 0.3 is 0 Å². The van der Waals surface area contributed by atoms with E-state index < -0.39 is 0 Å². The molecule has 0 amide bonds. The fraction of sp³-hybridized carbons (Fsp3) is 0.667. The first-order chi connectivity index (χ1) is 10.1. The van der Waals surface area contributed by atoms with E-state index in [2.05, 4.69) is 46.1 Å². The summed E-state index contributed by atoms with van der Waals surface area (Å²) in [5.41, 5.74) is 9.42. The number of halogens is 1. The van der Waals surface area contributed by atoms with Crippen LogP contribution in [0.15, 0.2) is 22.7 Å². The first kappa shape index (κ1) is 15.5. The zero-order chi connectivity index (χ0) is 14.9. The van der Waals surface area contributed by atoms with Gasteiger partial charge in [0, 0.05) is 23.1 Å². The van der Waals surface area contributed by atoms with Gasteiger partial charge < -0.3 is 5.73 Å². The van der Waals surface area contributed by atoms with Crippen molar-refractivity contribution in [3.05, 3.63) is 33.8 Å². The minimum absolute atomic E-state index is 0.170. The van der Waals surface area contributed by atoms with E-state index in [1.165, 1.54) is 54.2 Å². The van der Waals surface area contributed by atoms with E-state index in [1.54, 1.807) is 0 Å². The summed E-state index contributed by atoms with van der Waals surface area (Å²) in [6.07, 6.45) is 9.12. The molecule has 3 rings (SSSR count). The first-order valence-electron chi connectivity index (χ1n) is 8.31. The van der Waals surface area contributed by atoms with Gasteiger partial charge in [0.1, 0.15) is 0 Å². The SMILES string of the molecule is CN(CC1CCCC1)C1(CN)CCc2cc(Br)ccc2C1. The molecule has 1 unspecified atom stereocenters. The lowest BCUT2D eigenvalue weighted by atomic mass is 9.76. The Morgan fingerprint density at radius 1 is 1.29 bits per heavy atom. The Morgan fingerprint density at radius 3 is 2.76 bits per heavy atom. The number of hydrogen-bond donors (Lipinski definition) is 1. The number of likely N-dealkylation sites (N-methyl/N-ethyl adjacent to an activating group) is 1. The van der Waals surface area contributed by atoms with Gasteiger partial charge in [-0.25, -0.2) is 0 Å². The number of hydrogen-bond acceptors (Lipinski definition) is 2. The van der Waals surface area contributed by atoms with Crippen molar-refractivity contribution in [1.82, 2.24) is 4.90 Å². The number of rotatable bonds is 4. The molecule has 3 heteroatoms. The molecule has 1 aromatic carbocycles. The molecule has 0 aromatic heterocycles. The molecule has 1 atom stereocenters. The second-order valence-corrected chi connectivity index (χ2v) is 7.96. The highest BCUT2D eigenvalue weighted by Gasteiger charge is 2.37. The molecule has 0 aliphatic heterocycles. The molecule has 2 aliphatic rings. The van der Waals surface area contributed by atoms with Crippen LogP contribution in [0.25, 0.3) is 0 Å². The predicted octanol–water partition coefficient (Wildman–Crippen LogP) is 3.76. The summed E-state index contributed by atoms with van der Waals surface area (Å²) in [5, 5.41) is 0. The van der Waals surface area contributed by atoms with E-state index in [-0.39, 0.29) is 5.54 Å². The third kappa shape index (κ3) is 3.20. The highest BCUT2D eigenvalue weighted by molar-refractivity contribution is 9.10. The van der Waals surface area contributed by atoms with Gasteiger partial charge in [0.05, 0.1) is 0 Å². The second kappa shape index (κ2) is 6.39. The summed E-state index contributed by atoms with van der Waals surface area (Å²) in [5.74, 6) is 0.893. The van der Waals surface area contributed by atoms with Crippen LogP contribution in [0, 0.1) is 5.92 Å². The molecule has 0 radical (unpaired) electrons. The van der Waals surface area contributed by atoms with Crippen LogP contribution < -0.4 is 5.73 Å². The van der Waals surface area contributed by atoms with Crippen LogP contribution in [-0.2, 0) is 12.8 Å². The van der Waals surface area contributed by atoms with Crippen LogP contribution in [0.3, 0.4) is 0 Å². The number of aryl methyl sites for hydroxylation is 1. The Hall–Kier alpha value is -0.380. The molecule has 0 saturated heterocycles. The Bertz CT molecular complexity index is 496.